The van der Waals surface area contributed by atoms with Gasteiger partial charge in [0.1, 0.15) is 5.75 Å². The van der Waals surface area contributed by atoms with Gasteiger partial charge in [-0.15, -0.1) is 0 Å². The van der Waals surface area contributed by atoms with Crippen LogP contribution in [0.3, 0.4) is 0 Å². The van der Waals surface area contributed by atoms with Crippen molar-refractivity contribution in [1.29, 1.82) is 0 Å². The van der Waals surface area contributed by atoms with E-state index in [1.165, 1.54) is 29.8 Å². The molecule has 0 spiro atoms. The normalized spacial score (nSPS) is 21.8. The Morgan fingerprint density at radius 1 is 1.03 bits per heavy atom. The zero-order valence-corrected chi connectivity index (χ0v) is 20.8. The zero-order valence-electron chi connectivity index (χ0n) is 20.8. The van der Waals surface area contributed by atoms with E-state index in [1.807, 2.05) is 29.6 Å². The Balaban J connectivity index is 1.26. The molecule has 2 fully saturated rings. The number of amides is 1. The number of aryl methyl sites for hydroxylation is 1. The summed E-state index contributed by atoms with van der Waals surface area (Å²) in [6.45, 7) is 8.55. The number of nitrogens with zero attached hydrogens (tertiary/aromatic N) is 5. The summed E-state index contributed by atoms with van der Waals surface area (Å²) in [5.74, 6) is 1.13. The second-order valence-corrected chi connectivity index (χ2v) is 9.92. The van der Waals surface area contributed by atoms with Crippen LogP contribution in [0.5, 0.6) is 5.75 Å². The lowest BCUT2D eigenvalue weighted by Crippen LogP contribution is -2.52. The molecule has 7 heteroatoms. The molecule has 2 aliphatic heterocycles. The molecule has 7 nitrogen and oxygen atoms in total. The van der Waals surface area contributed by atoms with Gasteiger partial charge in [-0.2, -0.15) is 5.10 Å². The standard InChI is InChI=1S/C27H39N5O2/c1-3-34-25-11-7-6-10-24(25)31-18-16-30(17-19-31)21-12-13-23-22(20-21)26(28-29(23)2)27(33)32-14-8-4-5-9-15-32/h6-7,10-11,21H,3-5,8-9,12-20H2,1-2H3. The first-order chi connectivity index (χ1) is 16.7. The second-order valence-electron chi connectivity index (χ2n) is 9.92. The Morgan fingerprint density at radius 2 is 1.76 bits per heavy atom. The molecule has 1 aromatic carbocycles. The highest BCUT2D eigenvalue weighted by Gasteiger charge is 2.34. The minimum Gasteiger partial charge on any atom is -0.492 e. The summed E-state index contributed by atoms with van der Waals surface area (Å²) in [6, 6.07) is 8.86. The molecule has 0 saturated carbocycles. The van der Waals surface area contributed by atoms with E-state index in [0.29, 0.717) is 18.3 Å². The monoisotopic (exact) mass is 465 g/mol. The van der Waals surface area contributed by atoms with Crippen LogP contribution in [0.2, 0.25) is 0 Å². The van der Waals surface area contributed by atoms with Crippen LogP contribution in [0.1, 0.15) is 60.8 Å². The lowest BCUT2D eigenvalue weighted by atomic mass is 9.89. The summed E-state index contributed by atoms with van der Waals surface area (Å²) in [7, 11) is 2.01. The molecule has 1 atom stereocenters. The van der Waals surface area contributed by atoms with Gasteiger partial charge >= 0.3 is 0 Å². The highest BCUT2D eigenvalue weighted by Crippen LogP contribution is 2.32. The Kier molecular flexibility index (Phi) is 7.09. The number of hydrogen-bond acceptors (Lipinski definition) is 5. The van der Waals surface area contributed by atoms with Crippen molar-refractivity contribution in [2.24, 2.45) is 7.05 Å². The maximum Gasteiger partial charge on any atom is 0.274 e. The fourth-order valence-electron chi connectivity index (χ4n) is 6.00. The molecule has 3 aliphatic rings. The second kappa shape index (κ2) is 10.4. The number of hydrogen-bond donors (Lipinski definition) is 0. The number of anilines is 1. The van der Waals surface area contributed by atoms with E-state index >= 15 is 0 Å². The summed E-state index contributed by atoms with van der Waals surface area (Å²) >= 11 is 0. The van der Waals surface area contributed by atoms with E-state index in [-0.39, 0.29) is 5.91 Å². The minimum atomic E-state index is 0.150. The highest BCUT2D eigenvalue weighted by molar-refractivity contribution is 5.94. The van der Waals surface area contributed by atoms with E-state index in [4.69, 9.17) is 9.84 Å². The van der Waals surface area contributed by atoms with Crippen LogP contribution in [0.4, 0.5) is 5.69 Å². The van der Waals surface area contributed by atoms with E-state index in [2.05, 4.69) is 28.0 Å². The molecule has 1 unspecified atom stereocenters. The molecule has 2 saturated heterocycles. The minimum absolute atomic E-state index is 0.150. The van der Waals surface area contributed by atoms with Crippen LogP contribution < -0.4 is 9.64 Å². The van der Waals surface area contributed by atoms with Crippen molar-refractivity contribution in [3.8, 4) is 5.75 Å². The van der Waals surface area contributed by atoms with E-state index in [1.54, 1.807) is 0 Å². The Morgan fingerprint density at radius 3 is 2.50 bits per heavy atom. The molecule has 3 heterocycles. The highest BCUT2D eigenvalue weighted by atomic mass is 16.5. The van der Waals surface area contributed by atoms with Crippen LogP contribution in [-0.2, 0) is 19.9 Å². The van der Waals surface area contributed by atoms with Gasteiger partial charge in [0.15, 0.2) is 5.69 Å². The Hall–Kier alpha value is -2.54. The molecular weight excluding hydrogens is 426 g/mol. The molecule has 5 rings (SSSR count). The van der Waals surface area contributed by atoms with Gasteiger partial charge < -0.3 is 14.5 Å². The van der Waals surface area contributed by atoms with Gasteiger partial charge in [-0.25, -0.2) is 0 Å². The molecule has 0 bridgehead atoms. The quantitative estimate of drug-likeness (QED) is 0.676. The lowest BCUT2D eigenvalue weighted by Gasteiger charge is -2.41. The average molecular weight is 466 g/mol. The number of benzene rings is 1. The number of para-hydroxylation sites is 2. The maximum atomic E-state index is 13.4. The molecule has 0 radical (unpaired) electrons. The smallest absolute Gasteiger partial charge is 0.274 e. The van der Waals surface area contributed by atoms with Crippen molar-refractivity contribution < 1.29 is 9.53 Å². The van der Waals surface area contributed by atoms with Crippen molar-refractivity contribution in [3.05, 3.63) is 41.2 Å². The zero-order chi connectivity index (χ0) is 23.5. The fraction of sp³-hybridized carbons (Fsp3) is 0.630. The summed E-state index contributed by atoms with van der Waals surface area (Å²) in [6.07, 6.45) is 7.76. The number of carbonyl (C=O) groups is 1. The van der Waals surface area contributed by atoms with E-state index in [0.717, 1.165) is 77.1 Å². The molecule has 1 amide bonds. The number of fused-ring (bicyclic) bond motifs is 1. The van der Waals surface area contributed by atoms with Gasteiger partial charge in [-0.05, 0) is 51.2 Å². The van der Waals surface area contributed by atoms with Crippen LogP contribution in [0, 0.1) is 0 Å². The van der Waals surface area contributed by atoms with Gasteiger partial charge in [-0.1, -0.05) is 25.0 Å². The first-order valence-corrected chi connectivity index (χ1v) is 13.2. The van der Waals surface area contributed by atoms with Crippen LogP contribution >= 0.6 is 0 Å². The summed E-state index contributed by atoms with van der Waals surface area (Å²) < 4.78 is 7.84. The average Bonchev–Trinajstić information content (AvgIpc) is 3.03. The fourth-order valence-corrected chi connectivity index (χ4v) is 6.00. The molecular formula is C27H39N5O2. The Bertz CT molecular complexity index is 987. The molecule has 184 valence electrons. The number of aromatic nitrogens is 2. The molecule has 1 aliphatic carbocycles. The third-order valence-electron chi connectivity index (χ3n) is 7.86. The van der Waals surface area contributed by atoms with Crippen molar-refractivity contribution in [3.63, 3.8) is 0 Å². The van der Waals surface area contributed by atoms with E-state index < -0.39 is 0 Å². The predicted octanol–water partition coefficient (Wildman–Crippen LogP) is 3.51. The molecule has 2 aromatic rings. The molecule has 34 heavy (non-hydrogen) atoms. The molecule has 0 N–H and O–H groups in total. The third kappa shape index (κ3) is 4.67. The lowest BCUT2D eigenvalue weighted by molar-refractivity contribution is 0.0753. The predicted molar refractivity (Wildman–Crippen MR) is 135 cm³/mol. The van der Waals surface area contributed by atoms with Crippen LogP contribution in [-0.4, -0.2) is 77.4 Å². The van der Waals surface area contributed by atoms with Gasteiger partial charge in [0.25, 0.3) is 5.91 Å². The Labute approximate surface area is 203 Å². The molecule has 1 aromatic heterocycles. The van der Waals surface area contributed by atoms with Gasteiger partial charge in [0.2, 0.25) is 0 Å². The van der Waals surface area contributed by atoms with E-state index in [9.17, 15) is 4.79 Å². The number of rotatable bonds is 5. The van der Waals surface area contributed by atoms with Gasteiger partial charge in [0.05, 0.1) is 12.3 Å². The van der Waals surface area contributed by atoms with Crippen molar-refractivity contribution in [2.75, 3.05) is 50.8 Å². The van der Waals surface area contributed by atoms with Crippen molar-refractivity contribution in [2.45, 2.75) is 57.9 Å². The van der Waals surface area contributed by atoms with Crippen LogP contribution in [0.15, 0.2) is 24.3 Å². The first-order valence-electron chi connectivity index (χ1n) is 13.2. The topological polar surface area (TPSA) is 53.8 Å². The third-order valence-corrected chi connectivity index (χ3v) is 7.86. The summed E-state index contributed by atoms with van der Waals surface area (Å²) in [5.41, 5.74) is 4.39. The maximum absolute atomic E-state index is 13.4. The largest absolute Gasteiger partial charge is 0.492 e. The van der Waals surface area contributed by atoms with Crippen molar-refractivity contribution in [1.82, 2.24) is 19.6 Å². The number of ether oxygens (including phenoxy) is 1. The first kappa shape index (κ1) is 23.2. The number of piperazine rings is 1. The van der Waals surface area contributed by atoms with Gasteiger partial charge in [0, 0.05) is 63.6 Å². The summed E-state index contributed by atoms with van der Waals surface area (Å²) in [5, 5.41) is 4.74. The van der Waals surface area contributed by atoms with Crippen LogP contribution in [0.25, 0.3) is 0 Å². The SMILES string of the molecule is CCOc1ccccc1N1CCN(C2CCc3c(c(C(=O)N4CCCCCC4)nn3C)C2)CC1. The number of carbonyl (C=O) groups excluding carboxylic acids is 1. The number of likely N-dealkylation sites (tertiary alicyclic amines) is 1. The van der Waals surface area contributed by atoms with Crippen molar-refractivity contribution >= 4 is 11.6 Å². The summed E-state index contributed by atoms with van der Waals surface area (Å²) in [4.78, 5) is 20.6. The van der Waals surface area contributed by atoms with Gasteiger partial charge in [-0.3, -0.25) is 14.4 Å².